The zero-order chi connectivity index (χ0) is 9.94. The third-order valence-corrected chi connectivity index (χ3v) is 1.86. The second kappa shape index (κ2) is 9.30. The molecule has 0 aromatic rings. The smallest absolute Gasteiger partial charge is 0.217 e. The summed E-state index contributed by atoms with van der Waals surface area (Å²) in [5.41, 5.74) is 0. The SMILES string of the molecule is CCCCCC/C=C/CNC(C)=O. The summed E-state index contributed by atoms with van der Waals surface area (Å²) in [6.45, 7) is 4.42. The molecule has 0 radical (unpaired) electrons. The molecular formula is C11H21NO. The van der Waals surface area contributed by atoms with E-state index in [9.17, 15) is 4.79 Å². The number of amides is 1. The van der Waals surface area contributed by atoms with Gasteiger partial charge in [0.2, 0.25) is 5.91 Å². The minimum absolute atomic E-state index is 0.0376. The number of carbonyl (C=O) groups excluding carboxylic acids is 1. The Hall–Kier alpha value is -0.790. The first kappa shape index (κ1) is 12.2. The molecule has 0 heterocycles. The lowest BCUT2D eigenvalue weighted by Gasteiger charge is -1.95. The first-order chi connectivity index (χ1) is 6.27. The molecule has 0 bridgehead atoms. The monoisotopic (exact) mass is 183 g/mol. The van der Waals surface area contributed by atoms with Crippen LogP contribution in [0, 0.1) is 0 Å². The number of hydrogen-bond acceptors (Lipinski definition) is 1. The maximum absolute atomic E-state index is 10.5. The van der Waals surface area contributed by atoms with Gasteiger partial charge in [0, 0.05) is 13.5 Å². The van der Waals surface area contributed by atoms with Gasteiger partial charge in [-0.15, -0.1) is 0 Å². The van der Waals surface area contributed by atoms with E-state index in [2.05, 4.69) is 18.3 Å². The molecule has 1 amide bonds. The van der Waals surface area contributed by atoms with E-state index in [1.807, 2.05) is 6.08 Å². The Labute approximate surface area is 81.4 Å². The molecule has 13 heavy (non-hydrogen) atoms. The molecule has 76 valence electrons. The van der Waals surface area contributed by atoms with Crippen LogP contribution in [0.2, 0.25) is 0 Å². The predicted octanol–water partition coefficient (Wildman–Crippen LogP) is 2.65. The Bertz CT molecular complexity index is 152. The van der Waals surface area contributed by atoms with Crippen LogP contribution in [0.15, 0.2) is 12.2 Å². The second-order valence-electron chi connectivity index (χ2n) is 3.26. The van der Waals surface area contributed by atoms with Gasteiger partial charge in [0.05, 0.1) is 0 Å². The zero-order valence-electron chi connectivity index (χ0n) is 8.81. The van der Waals surface area contributed by atoms with E-state index in [0.717, 1.165) is 6.42 Å². The van der Waals surface area contributed by atoms with E-state index in [1.54, 1.807) is 0 Å². The van der Waals surface area contributed by atoms with Crippen LogP contribution in [-0.4, -0.2) is 12.5 Å². The Balaban J connectivity index is 3.08. The molecule has 2 nitrogen and oxygen atoms in total. The number of carbonyl (C=O) groups is 1. The van der Waals surface area contributed by atoms with E-state index >= 15 is 0 Å². The van der Waals surface area contributed by atoms with Gasteiger partial charge in [-0.05, 0) is 12.8 Å². The normalized spacial score (nSPS) is 10.6. The van der Waals surface area contributed by atoms with E-state index in [-0.39, 0.29) is 5.91 Å². The van der Waals surface area contributed by atoms with Crippen molar-refractivity contribution in [3.63, 3.8) is 0 Å². The Morgan fingerprint density at radius 1 is 1.23 bits per heavy atom. The third-order valence-electron chi connectivity index (χ3n) is 1.86. The summed E-state index contributed by atoms with van der Waals surface area (Å²) in [5.74, 6) is 0.0376. The summed E-state index contributed by atoms with van der Waals surface area (Å²) < 4.78 is 0. The van der Waals surface area contributed by atoms with Crippen LogP contribution < -0.4 is 5.32 Å². The molecule has 2 heteroatoms. The van der Waals surface area contributed by atoms with Gasteiger partial charge < -0.3 is 5.32 Å². The average molecular weight is 183 g/mol. The summed E-state index contributed by atoms with van der Waals surface area (Å²) in [5, 5.41) is 2.72. The van der Waals surface area contributed by atoms with Gasteiger partial charge in [-0.1, -0.05) is 38.3 Å². The number of nitrogens with one attached hydrogen (secondary N) is 1. The van der Waals surface area contributed by atoms with Crippen LogP contribution in [-0.2, 0) is 4.79 Å². The van der Waals surface area contributed by atoms with Crippen molar-refractivity contribution in [1.82, 2.24) is 5.32 Å². The van der Waals surface area contributed by atoms with E-state index < -0.39 is 0 Å². The predicted molar refractivity (Wildman–Crippen MR) is 56.6 cm³/mol. The van der Waals surface area contributed by atoms with Gasteiger partial charge in [-0.2, -0.15) is 0 Å². The van der Waals surface area contributed by atoms with E-state index in [0.29, 0.717) is 6.54 Å². The highest BCUT2D eigenvalue weighted by atomic mass is 16.1. The zero-order valence-corrected chi connectivity index (χ0v) is 8.81. The Kier molecular flexibility index (Phi) is 8.73. The van der Waals surface area contributed by atoms with Crippen molar-refractivity contribution in [1.29, 1.82) is 0 Å². The van der Waals surface area contributed by atoms with Crippen molar-refractivity contribution in [2.24, 2.45) is 0 Å². The van der Waals surface area contributed by atoms with Gasteiger partial charge in [0.15, 0.2) is 0 Å². The Morgan fingerprint density at radius 3 is 2.62 bits per heavy atom. The van der Waals surface area contributed by atoms with Crippen molar-refractivity contribution >= 4 is 5.91 Å². The molecule has 0 aliphatic heterocycles. The van der Waals surface area contributed by atoms with Gasteiger partial charge in [0.25, 0.3) is 0 Å². The number of unbranched alkanes of at least 4 members (excludes halogenated alkanes) is 4. The van der Waals surface area contributed by atoms with Crippen molar-refractivity contribution in [2.75, 3.05) is 6.54 Å². The van der Waals surface area contributed by atoms with E-state index in [4.69, 9.17) is 0 Å². The van der Waals surface area contributed by atoms with Crippen LogP contribution in [0.3, 0.4) is 0 Å². The quantitative estimate of drug-likeness (QED) is 0.477. The maximum Gasteiger partial charge on any atom is 0.217 e. The van der Waals surface area contributed by atoms with Crippen molar-refractivity contribution in [3.05, 3.63) is 12.2 Å². The summed E-state index contributed by atoms with van der Waals surface area (Å²) >= 11 is 0. The molecule has 0 saturated carbocycles. The summed E-state index contributed by atoms with van der Waals surface area (Å²) in [6.07, 6.45) is 10.5. The standard InChI is InChI=1S/C11H21NO/c1-3-4-5-6-7-8-9-10-12-11(2)13/h8-9H,3-7,10H2,1-2H3,(H,12,13)/b9-8+. The lowest BCUT2D eigenvalue weighted by atomic mass is 10.1. The highest BCUT2D eigenvalue weighted by Gasteiger charge is 1.85. The van der Waals surface area contributed by atoms with Crippen LogP contribution in [0.5, 0.6) is 0 Å². The molecule has 0 atom stereocenters. The lowest BCUT2D eigenvalue weighted by molar-refractivity contribution is -0.118. The van der Waals surface area contributed by atoms with Gasteiger partial charge in [0.1, 0.15) is 0 Å². The van der Waals surface area contributed by atoms with Gasteiger partial charge in [-0.3, -0.25) is 4.79 Å². The molecule has 0 aliphatic rings. The van der Waals surface area contributed by atoms with Crippen molar-refractivity contribution in [3.8, 4) is 0 Å². The van der Waals surface area contributed by atoms with Crippen LogP contribution in [0.25, 0.3) is 0 Å². The molecule has 0 fully saturated rings. The number of rotatable bonds is 7. The number of allylic oxidation sites excluding steroid dienone is 1. The van der Waals surface area contributed by atoms with Crippen molar-refractivity contribution in [2.45, 2.75) is 46.0 Å². The molecule has 0 spiro atoms. The largest absolute Gasteiger partial charge is 0.353 e. The summed E-state index contributed by atoms with van der Waals surface area (Å²) in [4.78, 5) is 10.5. The first-order valence-corrected chi connectivity index (χ1v) is 5.16. The van der Waals surface area contributed by atoms with Crippen LogP contribution >= 0.6 is 0 Å². The van der Waals surface area contributed by atoms with E-state index in [1.165, 1.54) is 32.6 Å². The molecule has 1 N–H and O–H groups in total. The number of hydrogen-bond donors (Lipinski definition) is 1. The fourth-order valence-corrected chi connectivity index (χ4v) is 1.09. The highest BCUT2D eigenvalue weighted by Crippen LogP contribution is 2.02. The lowest BCUT2D eigenvalue weighted by Crippen LogP contribution is -2.19. The maximum atomic E-state index is 10.5. The average Bonchev–Trinajstić information content (AvgIpc) is 2.09. The molecule has 0 rings (SSSR count). The highest BCUT2D eigenvalue weighted by molar-refractivity contribution is 5.72. The minimum Gasteiger partial charge on any atom is -0.353 e. The summed E-state index contributed by atoms with van der Waals surface area (Å²) in [6, 6.07) is 0. The fraction of sp³-hybridized carbons (Fsp3) is 0.727. The molecule has 0 saturated heterocycles. The minimum atomic E-state index is 0.0376. The Morgan fingerprint density at radius 2 is 2.00 bits per heavy atom. The second-order valence-corrected chi connectivity index (χ2v) is 3.26. The molecule has 0 aromatic carbocycles. The first-order valence-electron chi connectivity index (χ1n) is 5.16. The topological polar surface area (TPSA) is 29.1 Å². The molecule has 0 aliphatic carbocycles. The molecule has 0 aromatic heterocycles. The van der Waals surface area contributed by atoms with Gasteiger partial charge >= 0.3 is 0 Å². The molecular weight excluding hydrogens is 162 g/mol. The fourth-order valence-electron chi connectivity index (χ4n) is 1.09. The molecule has 0 unspecified atom stereocenters. The third kappa shape index (κ3) is 11.2. The van der Waals surface area contributed by atoms with Crippen LogP contribution in [0.4, 0.5) is 0 Å². The van der Waals surface area contributed by atoms with Gasteiger partial charge in [-0.25, -0.2) is 0 Å². The summed E-state index contributed by atoms with van der Waals surface area (Å²) in [7, 11) is 0. The van der Waals surface area contributed by atoms with Crippen molar-refractivity contribution < 1.29 is 4.79 Å². The van der Waals surface area contributed by atoms with Crippen LogP contribution in [0.1, 0.15) is 46.0 Å².